The zero-order valence-electron chi connectivity index (χ0n) is 12.3. The first-order chi connectivity index (χ1) is 9.73. The van der Waals surface area contributed by atoms with E-state index in [0.717, 1.165) is 0 Å². The van der Waals surface area contributed by atoms with E-state index in [9.17, 15) is 0 Å². The average molecular weight is 268 g/mol. The fraction of sp³-hybridized carbons (Fsp3) is 0.333. The Kier molecular flexibility index (Phi) is 3.36. The predicted octanol–water partition coefficient (Wildman–Crippen LogP) is 3.55. The van der Waals surface area contributed by atoms with E-state index in [0.29, 0.717) is 13.2 Å². The highest BCUT2D eigenvalue weighted by Crippen LogP contribution is 2.49. The number of hydrogen-bond acceptors (Lipinski definition) is 2. The molecule has 2 nitrogen and oxygen atoms in total. The van der Waals surface area contributed by atoms with E-state index in [4.69, 9.17) is 9.47 Å². The van der Waals surface area contributed by atoms with Crippen LogP contribution in [-0.4, -0.2) is 27.4 Å². The second-order valence-corrected chi connectivity index (χ2v) is 5.54. The quantitative estimate of drug-likeness (QED) is 0.844. The Morgan fingerprint density at radius 1 is 0.850 bits per heavy atom. The SMILES string of the molecule is COCC1(COC)c2ccccc2-c2ccc(C)cc21. The molecule has 0 unspecified atom stereocenters. The third-order valence-electron chi connectivity index (χ3n) is 4.20. The van der Waals surface area contributed by atoms with Gasteiger partial charge < -0.3 is 9.47 Å². The Bertz CT molecular complexity index is 625. The second kappa shape index (κ2) is 5.04. The summed E-state index contributed by atoms with van der Waals surface area (Å²) in [6.07, 6.45) is 0. The van der Waals surface area contributed by atoms with Gasteiger partial charge >= 0.3 is 0 Å². The minimum absolute atomic E-state index is 0.193. The Hall–Kier alpha value is -1.64. The minimum atomic E-state index is -0.193. The first-order valence-electron chi connectivity index (χ1n) is 6.92. The highest BCUT2D eigenvalue weighted by atomic mass is 16.5. The van der Waals surface area contributed by atoms with Crippen LogP contribution in [-0.2, 0) is 14.9 Å². The minimum Gasteiger partial charge on any atom is -0.383 e. The van der Waals surface area contributed by atoms with E-state index in [1.54, 1.807) is 14.2 Å². The Labute approximate surface area is 120 Å². The van der Waals surface area contributed by atoms with Crippen LogP contribution in [0.1, 0.15) is 16.7 Å². The first-order valence-corrected chi connectivity index (χ1v) is 6.92. The van der Waals surface area contributed by atoms with Crippen LogP contribution in [0.5, 0.6) is 0 Å². The maximum Gasteiger partial charge on any atom is 0.0681 e. The van der Waals surface area contributed by atoms with Crippen molar-refractivity contribution in [2.75, 3.05) is 27.4 Å². The van der Waals surface area contributed by atoms with Crippen LogP contribution >= 0.6 is 0 Å². The molecule has 2 heteroatoms. The highest BCUT2D eigenvalue weighted by Gasteiger charge is 2.43. The topological polar surface area (TPSA) is 18.5 Å². The molecule has 2 aromatic carbocycles. The molecule has 0 N–H and O–H groups in total. The van der Waals surface area contributed by atoms with Crippen LogP contribution in [0.25, 0.3) is 11.1 Å². The van der Waals surface area contributed by atoms with Crippen molar-refractivity contribution < 1.29 is 9.47 Å². The zero-order chi connectivity index (χ0) is 14.2. The average Bonchev–Trinajstić information content (AvgIpc) is 2.71. The molecule has 0 saturated heterocycles. The first kappa shape index (κ1) is 13.3. The van der Waals surface area contributed by atoms with Crippen molar-refractivity contribution in [2.45, 2.75) is 12.3 Å². The Morgan fingerprint density at radius 3 is 2.20 bits per heavy atom. The van der Waals surface area contributed by atoms with Crippen LogP contribution < -0.4 is 0 Å². The lowest BCUT2D eigenvalue weighted by Crippen LogP contribution is -2.35. The molecule has 3 rings (SSSR count). The van der Waals surface area contributed by atoms with Crippen molar-refractivity contribution in [2.24, 2.45) is 0 Å². The molecule has 2 aromatic rings. The molecular weight excluding hydrogens is 248 g/mol. The van der Waals surface area contributed by atoms with Gasteiger partial charge in [0.05, 0.1) is 18.6 Å². The zero-order valence-corrected chi connectivity index (χ0v) is 12.3. The van der Waals surface area contributed by atoms with Crippen molar-refractivity contribution in [1.82, 2.24) is 0 Å². The van der Waals surface area contributed by atoms with Crippen molar-refractivity contribution in [3.8, 4) is 11.1 Å². The normalized spacial score (nSPS) is 14.9. The van der Waals surface area contributed by atoms with Gasteiger partial charge in [0.2, 0.25) is 0 Å². The molecule has 0 atom stereocenters. The van der Waals surface area contributed by atoms with Crippen LogP contribution in [0, 0.1) is 6.92 Å². The summed E-state index contributed by atoms with van der Waals surface area (Å²) in [6, 6.07) is 15.2. The van der Waals surface area contributed by atoms with E-state index in [1.807, 2.05) is 0 Å². The van der Waals surface area contributed by atoms with Gasteiger partial charge in [-0.1, -0.05) is 48.0 Å². The summed E-state index contributed by atoms with van der Waals surface area (Å²) < 4.78 is 11.1. The number of methoxy groups -OCH3 is 2. The maximum atomic E-state index is 5.56. The van der Waals surface area contributed by atoms with Gasteiger partial charge in [-0.2, -0.15) is 0 Å². The molecule has 0 radical (unpaired) electrons. The van der Waals surface area contributed by atoms with E-state index in [-0.39, 0.29) is 5.41 Å². The molecule has 0 aromatic heterocycles. The standard InChI is InChI=1S/C18H20O2/c1-13-8-9-15-14-6-4-5-7-16(14)18(11-19-2,12-20-3)17(15)10-13/h4-10H,11-12H2,1-3H3. The second-order valence-electron chi connectivity index (χ2n) is 5.54. The third kappa shape index (κ3) is 1.80. The lowest BCUT2D eigenvalue weighted by molar-refractivity contribution is 0.0814. The number of ether oxygens (including phenoxy) is 2. The third-order valence-corrected chi connectivity index (χ3v) is 4.20. The van der Waals surface area contributed by atoms with E-state index < -0.39 is 0 Å². The Balaban J connectivity index is 2.30. The number of benzene rings is 2. The van der Waals surface area contributed by atoms with Gasteiger partial charge in [-0.15, -0.1) is 0 Å². The molecule has 0 saturated carbocycles. The summed E-state index contributed by atoms with van der Waals surface area (Å²) in [6.45, 7) is 3.40. The molecule has 0 spiro atoms. The molecule has 0 aliphatic heterocycles. The summed E-state index contributed by atoms with van der Waals surface area (Å²) in [5.41, 5.74) is 6.32. The van der Waals surface area contributed by atoms with Gasteiger partial charge in [-0.05, 0) is 29.2 Å². The predicted molar refractivity (Wildman–Crippen MR) is 81.1 cm³/mol. The van der Waals surface area contributed by atoms with Crippen LogP contribution in [0.15, 0.2) is 42.5 Å². The molecule has 0 bridgehead atoms. The molecule has 104 valence electrons. The Morgan fingerprint density at radius 2 is 1.50 bits per heavy atom. The van der Waals surface area contributed by atoms with Gasteiger partial charge in [0.25, 0.3) is 0 Å². The molecular formula is C18H20O2. The van der Waals surface area contributed by atoms with E-state index in [2.05, 4.69) is 49.4 Å². The van der Waals surface area contributed by atoms with E-state index in [1.165, 1.54) is 27.8 Å². The van der Waals surface area contributed by atoms with Gasteiger partial charge in [0, 0.05) is 14.2 Å². The van der Waals surface area contributed by atoms with Gasteiger partial charge in [0.15, 0.2) is 0 Å². The van der Waals surface area contributed by atoms with Gasteiger partial charge in [0.1, 0.15) is 0 Å². The fourth-order valence-electron chi connectivity index (χ4n) is 3.41. The number of hydrogen-bond donors (Lipinski definition) is 0. The van der Waals surface area contributed by atoms with Crippen LogP contribution in [0.2, 0.25) is 0 Å². The summed E-state index contributed by atoms with van der Waals surface area (Å²) in [4.78, 5) is 0. The van der Waals surface area contributed by atoms with Gasteiger partial charge in [-0.3, -0.25) is 0 Å². The lowest BCUT2D eigenvalue weighted by atomic mass is 9.79. The summed E-state index contributed by atoms with van der Waals surface area (Å²) in [5.74, 6) is 0. The molecule has 20 heavy (non-hydrogen) atoms. The van der Waals surface area contributed by atoms with Gasteiger partial charge in [-0.25, -0.2) is 0 Å². The molecule has 0 heterocycles. The largest absolute Gasteiger partial charge is 0.383 e. The number of fused-ring (bicyclic) bond motifs is 3. The molecule has 1 aliphatic rings. The molecule has 0 amide bonds. The molecule has 0 fully saturated rings. The van der Waals surface area contributed by atoms with Crippen molar-refractivity contribution in [3.63, 3.8) is 0 Å². The molecule has 1 aliphatic carbocycles. The van der Waals surface area contributed by atoms with Crippen molar-refractivity contribution >= 4 is 0 Å². The number of aryl methyl sites for hydroxylation is 1. The summed E-state index contributed by atoms with van der Waals surface area (Å²) in [5, 5.41) is 0. The highest BCUT2D eigenvalue weighted by molar-refractivity contribution is 5.81. The fourth-order valence-corrected chi connectivity index (χ4v) is 3.41. The van der Waals surface area contributed by atoms with Crippen LogP contribution in [0.4, 0.5) is 0 Å². The van der Waals surface area contributed by atoms with Crippen molar-refractivity contribution in [1.29, 1.82) is 0 Å². The summed E-state index contributed by atoms with van der Waals surface area (Å²) >= 11 is 0. The number of rotatable bonds is 4. The maximum absolute atomic E-state index is 5.56. The smallest absolute Gasteiger partial charge is 0.0681 e. The monoisotopic (exact) mass is 268 g/mol. The van der Waals surface area contributed by atoms with E-state index >= 15 is 0 Å². The van der Waals surface area contributed by atoms with Crippen LogP contribution in [0.3, 0.4) is 0 Å². The summed E-state index contributed by atoms with van der Waals surface area (Å²) in [7, 11) is 3.52. The van der Waals surface area contributed by atoms with Crippen molar-refractivity contribution in [3.05, 3.63) is 59.2 Å². The lowest BCUT2D eigenvalue weighted by Gasteiger charge is -2.30.